The quantitative estimate of drug-likeness (QED) is 0.604. The highest BCUT2D eigenvalue weighted by molar-refractivity contribution is 6.35. The SMILES string of the molecule is CCCNCc1nn(Cc2ccc(Cl)cc2Cl)nc1-c1ccccc1. The van der Waals surface area contributed by atoms with Gasteiger partial charge in [-0.1, -0.05) is 66.5 Å². The first kappa shape index (κ1) is 17.9. The van der Waals surface area contributed by atoms with Crippen molar-refractivity contribution in [1.82, 2.24) is 20.3 Å². The minimum atomic E-state index is 0.504. The number of aromatic nitrogens is 3. The summed E-state index contributed by atoms with van der Waals surface area (Å²) in [4.78, 5) is 1.69. The second-order valence-electron chi connectivity index (χ2n) is 5.80. The summed E-state index contributed by atoms with van der Waals surface area (Å²) in [5.74, 6) is 0. The van der Waals surface area contributed by atoms with Crippen LogP contribution in [0.5, 0.6) is 0 Å². The Hall–Kier alpha value is -1.88. The lowest BCUT2D eigenvalue weighted by Gasteiger charge is -2.04. The topological polar surface area (TPSA) is 42.7 Å². The zero-order valence-electron chi connectivity index (χ0n) is 14.0. The molecule has 0 radical (unpaired) electrons. The highest BCUT2D eigenvalue weighted by atomic mass is 35.5. The van der Waals surface area contributed by atoms with Gasteiger partial charge in [-0.25, -0.2) is 0 Å². The number of hydrogen-bond donors (Lipinski definition) is 1. The summed E-state index contributed by atoms with van der Waals surface area (Å²) in [6.45, 7) is 4.28. The van der Waals surface area contributed by atoms with Crippen LogP contribution >= 0.6 is 23.2 Å². The van der Waals surface area contributed by atoms with E-state index in [1.807, 2.05) is 42.5 Å². The van der Waals surface area contributed by atoms with Crippen LogP contribution in [0.1, 0.15) is 24.6 Å². The van der Waals surface area contributed by atoms with Gasteiger partial charge in [-0.05, 0) is 30.7 Å². The lowest BCUT2D eigenvalue weighted by atomic mass is 10.1. The van der Waals surface area contributed by atoms with Crippen LogP contribution in [0.15, 0.2) is 48.5 Å². The first-order chi connectivity index (χ1) is 12.2. The third-order valence-electron chi connectivity index (χ3n) is 3.82. The monoisotopic (exact) mass is 374 g/mol. The van der Waals surface area contributed by atoms with Crippen molar-refractivity contribution in [3.8, 4) is 11.3 Å². The summed E-state index contributed by atoms with van der Waals surface area (Å²) in [5.41, 5.74) is 3.83. The molecule has 6 heteroatoms. The molecule has 0 aliphatic rings. The number of nitrogens with zero attached hydrogens (tertiary/aromatic N) is 3. The van der Waals surface area contributed by atoms with Crippen molar-refractivity contribution in [2.45, 2.75) is 26.4 Å². The van der Waals surface area contributed by atoms with Gasteiger partial charge in [0.15, 0.2) is 0 Å². The fourth-order valence-electron chi connectivity index (χ4n) is 2.58. The van der Waals surface area contributed by atoms with Crippen LogP contribution in [0.25, 0.3) is 11.3 Å². The Kier molecular flexibility index (Phi) is 6.08. The smallest absolute Gasteiger partial charge is 0.117 e. The Labute approximate surface area is 157 Å². The van der Waals surface area contributed by atoms with E-state index in [0.29, 0.717) is 23.1 Å². The normalized spacial score (nSPS) is 11.0. The number of halogens is 2. The maximum atomic E-state index is 6.28. The maximum Gasteiger partial charge on any atom is 0.117 e. The molecule has 0 spiro atoms. The molecule has 0 atom stereocenters. The van der Waals surface area contributed by atoms with Crippen LogP contribution in [0, 0.1) is 0 Å². The fourth-order valence-corrected chi connectivity index (χ4v) is 3.05. The van der Waals surface area contributed by atoms with Gasteiger partial charge in [0.05, 0.1) is 6.54 Å². The molecule has 0 aliphatic heterocycles. The zero-order chi connectivity index (χ0) is 17.6. The Balaban J connectivity index is 1.89. The van der Waals surface area contributed by atoms with E-state index in [0.717, 1.165) is 35.5 Å². The molecule has 0 aliphatic carbocycles. The van der Waals surface area contributed by atoms with Crippen LogP contribution in [0.2, 0.25) is 10.0 Å². The third-order valence-corrected chi connectivity index (χ3v) is 4.41. The van der Waals surface area contributed by atoms with E-state index in [-0.39, 0.29) is 0 Å². The fraction of sp³-hybridized carbons (Fsp3) is 0.263. The summed E-state index contributed by atoms with van der Waals surface area (Å²) in [7, 11) is 0. The lowest BCUT2D eigenvalue weighted by molar-refractivity contribution is 0.576. The molecule has 25 heavy (non-hydrogen) atoms. The number of rotatable bonds is 7. The van der Waals surface area contributed by atoms with Crippen molar-refractivity contribution in [2.75, 3.05) is 6.54 Å². The largest absolute Gasteiger partial charge is 0.311 e. The van der Waals surface area contributed by atoms with E-state index in [9.17, 15) is 0 Å². The van der Waals surface area contributed by atoms with Gasteiger partial charge in [0.25, 0.3) is 0 Å². The average molecular weight is 375 g/mol. The van der Waals surface area contributed by atoms with Crippen molar-refractivity contribution in [3.63, 3.8) is 0 Å². The molecule has 1 heterocycles. The lowest BCUT2D eigenvalue weighted by Crippen LogP contribution is -2.15. The molecule has 130 valence electrons. The minimum absolute atomic E-state index is 0.504. The summed E-state index contributed by atoms with van der Waals surface area (Å²) in [5, 5.41) is 14.0. The first-order valence-electron chi connectivity index (χ1n) is 8.31. The molecular weight excluding hydrogens is 355 g/mol. The van der Waals surface area contributed by atoms with Gasteiger partial charge < -0.3 is 5.32 Å². The van der Waals surface area contributed by atoms with Gasteiger partial charge in [-0.3, -0.25) is 0 Å². The predicted octanol–water partition coefficient (Wildman–Crippen LogP) is 4.80. The molecule has 1 aromatic heterocycles. The minimum Gasteiger partial charge on any atom is -0.311 e. The first-order valence-corrected chi connectivity index (χ1v) is 9.07. The second-order valence-corrected chi connectivity index (χ2v) is 6.65. The molecule has 2 aromatic carbocycles. The average Bonchev–Trinajstić information content (AvgIpc) is 3.01. The zero-order valence-corrected chi connectivity index (χ0v) is 15.6. The Morgan fingerprint density at radius 3 is 2.56 bits per heavy atom. The molecule has 1 N–H and O–H groups in total. The van der Waals surface area contributed by atoms with Crippen LogP contribution in [-0.4, -0.2) is 21.5 Å². The number of nitrogens with one attached hydrogen (secondary N) is 1. The maximum absolute atomic E-state index is 6.28. The molecule has 3 aromatic rings. The van der Waals surface area contributed by atoms with Crippen LogP contribution in [0.3, 0.4) is 0 Å². The van der Waals surface area contributed by atoms with Crippen molar-refractivity contribution in [1.29, 1.82) is 0 Å². The highest BCUT2D eigenvalue weighted by Gasteiger charge is 2.14. The molecule has 3 rings (SSSR count). The van der Waals surface area contributed by atoms with Crippen LogP contribution in [-0.2, 0) is 13.1 Å². The Bertz CT molecular complexity index is 831. The molecular formula is C19H20Cl2N4. The van der Waals surface area contributed by atoms with Crippen molar-refractivity contribution in [2.24, 2.45) is 0 Å². The Morgan fingerprint density at radius 2 is 1.84 bits per heavy atom. The predicted molar refractivity (Wildman–Crippen MR) is 103 cm³/mol. The van der Waals surface area contributed by atoms with Crippen molar-refractivity contribution < 1.29 is 0 Å². The van der Waals surface area contributed by atoms with E-state index >= 15 is 0 Å². The summed E-state index contributed by atoms with van der Waals surface area (Å²) >= 11 is 12.2. The second kappa shape index (κ2) is 8.48. The summed E-state index contributed by atoms with van der Waals surface area (Å²) in [6.07, 6.45) is 1.08. The van der Waals surface area contributed by atoms with Crippen LogP contribution < -0.4 is 5.32 Å². The van der Waals surface area contributed by atoms with Gasteiger partial charge in [-0.2, -0.15) is 15.0 Å². The van der Waals surface area contributed by atoms with E-state index in [1.54, 1.807) is 10.9 Å². The summed E-state index contributed by atoms with van der Waals surface area (Å²) in [6, 6.07) is 15.6. The highest BCUT2D eigenvalue weighted by Crippen LogP contribution is 2.23. The number of benzene rings is 2. The standard InChI is InChI=1S/C19H20Cl2N4/c1-2-10-22-12-18-19(14-6-4-3-5-7-14)24-25(23-18)13-15-8-9-16(20)11-17(15)21/h3-9,11,22H,2,10,12-13H2,1H3. The molecule has 0 unspecified atom stereocenters. The molecule has 0 bridgehead atoms. The van der Waals surface area contributed by atoms with Gasteiger partial charge in [-0.15, -0.1) is 0 Å². The molecule has 0 saturated heterocycles. The van der Waals surface area contributed by atoms with Crippen molar-refractivity contribution in [3.05, 3.63) is 69.8 Å². The Morgan fingerprint density at radius 1 is 1.04 bits per heavy atom. The molecule has 0 amide bonds. The van der Waals surface area contributed by atoms with E-state index in [4.69, 9.17) is 28.3 Å². The molecule has 4 nitrogen and oxygen atoms in total. The van der Waals surface area contributed by atoms with Gasteiger partial charge in [0.2, 0.25) is 0 Å². The molecule has 0 saturated carbocycles. The number of hydrogen-bond acceptors (Lipinski definition) is 3. The van der Waals surface area contributed by atoms with Gasteiger partial charge in [0, 0.05) is 22.2 Å². The van der Waals surface area contributed by atoms with Gasteiger partial charge >= 0.3 is 0 Å². The van der Waals surface area contributed by atoms with Crippen LogP contribution in [0.4, 0.5) is 0 Å². The van der Waals surface area contributed by atoms with E-state index < -0.39 is 0 Å². The van der Waals surface area contributed by atoms with Crippen molar-refractivity contribution >= 4 is 23.2 Å². The summed E-state index contributed by atoms with van der Waals surface area (Å²) < 4.78 is 0. The van der Waals surface area contributed by atoms with E-state index in [1.165, 1.54) is 0 Å². The molecule has 0 fully saturated rings. The van der Waals surface area contributed by atoms with E-state index in [2.05, 4.69) is 17.3 Å². The third kappa shape index (κ3) is 4.60. The van der Waals surface area contributed by atoms with Gasteiger partial charge in [0.1, 0.15) is 11.4 Å².